The lowest BCUT2D eigenvalue weighted by molar-refractivity contribution is -0.385. The van der Waals surface area contributed by atoms with Crippen molar-refractivity contribution < 1.29 is 23.6 Å². The van der Waals surface area contributed by atoms with Gasteiger partial charge in [-0.2, -0.15) is 0 Å². The number of carbonyl (C=O) groups excluding carboxylic acids is 1. The maximum Gasteiger partial charge on any atom is 0.407 e. The number of ether oxygens (including phenoxy) is 2. The quantitative estimate of drug-likeness (QED) is 0.653. The summed E-state index contributed by atoms with van der Waals surface area (Å²) in [7, 11) is 0. The lowest BCUT2D eigenvalue weighted by Crippen LogP contribution is -2.42. The van der Waals surface area contributed by atoms with Gasteiger partial charge in [-0.1, -0.05) is 0 Å². The first-order valence-electron chi connectivity index (χ1n) is 8.24. The van der Waals surface area contributed by atoms with Crippen LogP contribution in [0.3, 0.4) is 0 Å². The molecule has 0 heterocycles. The summed E-state index contributed by atoms with van der Waals surface area (Å²) in [5, 5.41) is 13.4. The second kappa shape index (κ2) is 7.67. The SMILES string of the molecule is CC(C)(C)OC(=O)NC1CCC(Oc2ccc([N+](=O)[O-])cc2F)CC1. The van der Waals surface area contributed by atoms with Crippen molar-refractivity contribution in [3.8, 4) is 5.75 Å². The van der Waals surface area contributed by atoms with Crippen molar-refractivity contribution >= 4 is 11.8 Å². The maximum absolute atomic E-state index is 13.9. The second-order valence-electron chi connectivity index (χ2n) is 7.11. The summed E-state index contributed by atoms with van der Waals surface area (Å²) in [6.45, 7) is 5.40. The molecule has 0 bridgehead atoms. The lowest BCUT2D eigenvalue weighted by Gasteiger charge is -2.30. The van der Waals surface area contributed by atoms with Crippen molar-refractivity contribution in [3.63, 3.8) is 0 Å². The molecule has 0 radical (unpaired) electrons. The fraction of sp³-hybridized carbons (Fsp3) is 0.588. The Kier molecular flexibility index (Phi) is 5.81. The minimum absolute atomic E-state index is 0.00333. The highest BCUT2D eigenvalue weighted by Gasteiger charge is 2.26. The Bertz CT molecular complexity index is 636. The average Bonchev–Trinajstić information content (AvgIpc) is 2.49. The molecule has 8 heteroatoms. The number of nitrogens with one attached hydrogen (secondary N) is 1. The van der Waals surface area contributed by atoms with E-state index in [0.717, 1.165) is 6.07 Å². The normalized spacial score (nSPS) is 20.6. The van der Waals surface area contributed by atoms with Gasteiger partial charge in [-0.05, 0) is 52.5 Å². The molecule has 0 aromatic heterocycles. The third kappa shape index (κ3) is 5.88. The van der Waals surface area contributed by atoms with Crippen LogP contribution >= 0.6 is 0 Å². The zero-order valence-corrected chi connectivity index (χ0v) is 14.6. The molecular formula is C17H23FN2O5. The van der Waals surface area contributed by atoms with Crippen LogP contribution in [-0.4, -0.2) is 28.8 Å². The average molecular weight is 354 g/mol. The third-order valence-corrected chi connectivity index (χ3v) is 3.81. The van der Waals surface area contributed by atoms with Crippen LogP contribution in [0.4, 0.5) is 14.9 Å². The molecule has 1 fully saturated rings. The Morgan fingerprint density at radius 2 is 1.92 bits per heavy atom. The molecule has 1 aliphatic carbocycles. The molecule has 0 atom stereocenters. The number of nitro benzene ring substituents is 1. The van der Waals surface area contributed by atoms with Gasteiger partial charge in [-0.25, -0.2) is 9.18 Å². The first-order valence-corrected chi connectivity index (χ1v) is 8.24. The molecule has 138 valence electrons. The Hall–Kier alpha value is -2.38. The Morgan fingerprint density at radius 1 is 1.28 bits per heavy atom. The zero-order chi connectivity index (χ0) is 18.6. The number of rotatable bonds is 4. The predicted octanol–water partition coefficient (Wildman–Crippen LogP) is 3.95. The summed E-state index contributed by atoms with van der Waals surface area (Å²) in [5.41, 5.74) is -0.854. The monoisotopic (exact) mass is 354 g/mol. The van der Waals surface area contributed by atoms with Crippen LogP contribution in [0.2, 0.25) is 0 Å². The maximum atomic E-state index is 13.9. The van der Waals surface area contributed by atoms with Crippen LogP contribution in [0.1, 0.15) is 46.5 Å². The number of halogens is 1. The van der Waals surface area contributed by atoms with E-state index in [4.69, 9.17) is 9.47 Å². The van der Waals surface area contributed by atoms with Gasteiger partial charge in [0.25, 0.3) is 5.69 Å². The van der Waals surface area contributed by atoms with Gasteiger partial charge in [0, 0.05) is 12.1 Å². The van der Waals surface area contributed by atoms with Crippen LogP contribution in [0, 0.1) is 15.9 Å². The van der Waals surface area contributed by atoms with Crippen LogP contribution in [0.25, 0.3) is 0 Å². The topological polar surface area (TPSA) is 90.7 Å². The highest BCUT2D eigenvalue weighted by Crippen LogP contribution is 2.28. The van der Waals surface area contributed by atoms with Crippen molar-refractivity contribution in [2.75, 3.05) is 0 Å². The van der Waals surface area contributed by atoms with E-state index in [1.165, 1.54) is 12.1 Å². The smallest absolute Gasteiger partial charge is 0.407 e. The molecule has 0 aliphatic heterocycles. The van der Waals surface area contributed by atoms with Gasteiger partial charge in [0.15, 0.2) is 11.6 Å². The molecular weight excluding hydrogens is 331 g/mol. The van der Waals surface area contributed by atoms with Gasteiger partial charge < -0.3 is 14.8 Å². The van der Waals surface area contributed by atoms with E-state index in [2.05, 4.69) is 5.32 Å². The zero-order valence-electron chi connectivity index (χ0n) is 14.6. The number of benzene rings is 1. The molecule has 25 heavy (non-hydrogen) atoms. The standard InChI is InChI=1S/C17H23FN2O5/c1-17(2,3)25-16(21)19-11-4-7-13(8-5-11)24-15-9-6-12(20(22)23)10-14(15)18/h6,9-11,13H,4-5,7-8H2,1-3H3,(H,19,21). The molecule has 0 spiro atoms. The van der Waals surface area contributed by atoms with Crippen LogP contribution < -0.4 is 10.1 Å². The van der Waals surface area contributed by atoms with Gasteiger partial charge in [0.05, 0.1) is 17.1 Å². The number of nitro groups is 1. The Balaban J connectivity index is 1.83. The molecule has 0 unspecified atom stereocenters. The van der Waals surface area contributed by atoms with E-state index < -0.39 is 22.4 Å². The van der Waals surface area contributed by atoms with Crippen LogP contribution in [0.5, 0.6) is 5.75 Å². The summed E-state index contributed by atoms with van der Waals surface area (Å²) in [4.78, 5) is 21.7. The molecule has 1 aliphatic rings. The first kappa shape index (κ1) is 19.0. The molecule has 2 rings (SSSR count). The molecule has 1 amide bonds. The van der Waals surface area contributed by atoms with Crippen molar-refractivity contribution in [3.05, 3.63) is 34.1 Å². The predicted molar refractivity (Wildman–Crippen MR) is 89.1 cm³/mol. The summed E-state index contributed by atoms with van der Waals surface area (Å²) in [6, 6.07) is 3.34. The Morgan fingerprint density at radius 3 is 2.44 bits per heavy atom. The number of amides is 1. The van der Waals surface area contributed by atoms with E-state index in [1.54, 1.807) is 20.8 Å². The van der Waals surface area contributed by atoms with Gasteiger partial charge >= 0.3 is 6.09 Å². The van der Waals surface area contributed by atoms with Crippen LogP contribution in [-0.2, 0) is 4.74 Å². The van der Waals surface area contributed by atoms with E-state index in [0.29, 0.717) is 25.7 Å². The number of nitrogens with zero attached hydrogens (tertiary/aromatic N) is 1. The molecule has 0 saturated heterocycles. The highest BCUT2D eigenvalue weighted by atomic mass is 19.1. The van der Waals surface area contributed by atoms with Crippen molar-refractivity contribution in [1.82, 2.24) is 5.32 Å². The van der Waals surface area contributed by atoms with Gasteiger partial charge in [-0.15, -0.1) is 0 Å². The number of carbonyl (C=O) groups is 1. The summed E-state index contributed by atoms with van der Waals surface area (Å²) >= 11 is 0. The summed E-state index contributed by atoms with van der Waals surface area (Å²) in [5.74, 6) is -0.739. The van der Waals surface area contributed by atoms with E-state index in [1.807, 2.05) is 0 Å². The van der Waals surface area contributed by atoms with Gasteiger partial charge in [-0.3, -0.25) is 10.1 Å². The second-order valence-corrected chi connectivity index (χ2v) is 7.11. The fourth-order valence-electron chi connectivity index (χ4n) is 2.68. The first-order chi connectivity index (χ1) is 11.6. The fourth-order valence-corrected chi connectivity index (χ4v) is 2.68. The molecule has 7 nitrogen and oxygen atoms in total. The number of non-ortho nitro benzene ring substituents is 1. The van der Waals surface area contributed by atoms with Crippen molar-refractivity contribution in [2.45, 2.75) is 64.2 Å². The molecule has 1 aromatic rings. The molecule has 1 saturated carbocycles. The summed E-state index contributed by atoms with van der Waals surface area (Å²) in [6.07, 6.45) is 2.05. The Labute approximate surface area is 145 Å². The van der Waals surface area contributed by atoms with E-state index in [9.17, 15) is 19.3 Å². The highest BCUT2D eigenvalue weighted by molar-refractivity contribution is 5.68. The van der Waals surface area contributed by atoms with Crippen LogP contribution in [0.15, 0.2) is 18.2 Å². The number of alkyl carbamates (subject to hydrolysis) is 1. The van der Waals surface area contributed by atoms with E-state index >= 15 is 0 Å². The minimum Gasteiger partial charge on any atom is -0.487 e. The third-order valence-electron chi connectivity index (χ3n) is 3.81. The minimum atomic E-state index is -0.747. The van der Waals surface area contributed by atoms with Gasteiger partial charge in [0.1, 0.15) is 5.60 Å². The van der Waals surface area contributed by atoms with E-state index in [-0.39, 0.29) is 23.6 Å². The van der Waals surface area contributed by atoms with Gasteiger partial charge in [0.2, 0.25) is 0 Å². The van der Waals surface area contributed by atoms with Crippen molar-refractivity contribution in [2.24, 2.45) is 0 Å². The molecule has 1 aromatic carbocycles. The number of hydrogen-bond donors (Lipinski definition) is 1. The lowest BCUT2D eigenvalue weighted by atomic mass is 9.93. The largest absolute Gasteiger partial charge is 0.487 e. The summed E-state index contributed by atoms with van der Waals surface area (Å²) < 4.78 is 24.7. The van der Waals surface area contributed by atoms with Crippen molar-refractivity contribution in [1.29, 1.82) is 0 Å². The molecule has 1 N–H and O–H groups in total. The number of hydrogen-bond acceptors (Lipinski definition) is 5.